The summed E-state index contributed by atoms with van der Waals surface area (Å²) in [5.41, 5.74) is 3.24. The smallest absolute Gasteiger partial charge is 0.323 e. The molecule has 0 bridgehead atoms. The van der Waals surface area contributed by atoms with Crippen molar-refractivity contribution >= 4 is 17.4 Å². The van der Waals surface area contributed by atoms with E-state index in [4.69, 9.17) is 4.74 Å². The second-order valence-corrected chi connectivity index (χ2v) is 8.93. The van der Waals surface area contributed by atoms with Crippen LogP contribution in [0.2, 0.25) is 0 Å². The van der Waals surface area contributed by atoms with E-state index in [1.807, 2.05) is 31.4 Å². The molecular weight excluding hydrogens is 433 g/mol. The van der Waals surface area contributed by atoms with Crippen LogP contribution in [-0.2, 0) is 12.5 Å². The van der Waals surface area contributed by atoms with Gasteiger partial charge in [0.2, 0.25) is 0 Å². The van der Waals surface area contributed by atoms with E-state index in [0.717, 1.165) is 11.1 Å². The molecule has 0 aliphatic carbocycles. The number of nitrogens with one attached hydrogen (secondary N) is 2. The first kappa shape index (κ1) is 23.0. The number of nitrogens with zero attached hydrogens (tertiary/aromatic N) is 3. The van der Waals surface area contributed by atoms with Crippen LogP contribution in [0.1, 0.15) is 26.3 Å². The second-order valence-electron chi connectivity index (χ2n) is 8.93. The molecule has 2 amide bonds. The minimum absolute atomic E-state index is 0.0441. The number of anilines is 2. The molecule has 0 saturated carbocycles. The van der Waals surface area contributed by atoms with Crippen LogP contribution in [0.4, 0.5) is 20.6 Å². The minimum Gasteiger partial charge on any atom is -0.457 e. The van der Waals surface area contributed by atoms with Crippen LogP contribution in [0.25, 0.3) is 11.3 Å². The summed E-state index contributed by atoms with van der Waals surface area (Å²) in [6.07, 6.45) is 5.16. The zero-order valence-electron chi connectivity index (χ0n) is 19.5. The first-order chi connectivity index (χ1) is 16.2. The lowest BCUT2D eigenvalue weighted by atomic mass is 9.87. The minimum atomic E-state index is -0.613. The van der Waals surface area contributed by atoms with Crippen molar-refractivity contribution in [1.29, 1.82) is 0 Å². The lowest BCUT2D eigenvalue weighted by molar-refractivity contribution is 0.262. The molecule has 4 aromatic rings. The highest BCUT2D eigenvalue weighted by molar-refractivity contribution is 5.99. The van der Waals surface area contributed by atoms with Gasteiger partial charge < -0.3 is 15.4 Å². The number of carbonyl (C=O) groups excluding carboxylic acids is 1. The fraction of sp³-hybridized carbons (Fsp3) is 0.192. The van der Waals surface area contributed by atoms with Crippen LogP contribution in [0, 0.1) is 5.82 Å². The van der Waals surface area contributed by atoms with Crippen molar-refractivity contribution in [3.63, 3.8) is 0 Å². The number of amides is 2. The molecule has 0 unspecified atom stereocenters. The number of halogens is 1. The van der Waals surface area contributed by atoms with Crippen LogP contribution in [0.3, 0.4) is 0 Å². The first-order valence-electron chi connectivity index (χ1n) is 10.8. The van der Waals surface area contributed by atoms with E-state index >= 15 is 0 Å². The van der Waals surface area contributed by atoms with Crippen molar-refractivity contribution < 1.29 is 13.9 Å². The van der Waals surface area contributed by atoms with Crippen molar-refractivity contribution in [1.82, 2.24) is 14.8 Å². The van der Waals surface area contributed by atoms with E-state index in [1.54, 1.807) is 41.3 Å². The van der Waals surface area contributed by atoms with Gasteiger partial charge in [-0.05, 0) is 41.3 Å². The second kappa shape index (κ2) is 9.35. The fourth-order valence-electron chi connectivity index (χ4n) is 3.33. The van der Waals surface area contributed by atoms with Crippen molar-refractivity contribution in [3.05, 3.63) is 84.6 Å². The normalized spacial score (nSPS) is 11.2. The molecule has 0 fully saturated rings. The van der Waals surface area contributed by atoms with E-state index in [9.17, 15) is 9.18 Å². The monoisotopic (exact) mass is 459 g/mol. The largest absolute Gasteiger partial charge is 0.457 e. The number of aromatic nitrogens is 3. The zero-order chi connectivity index (χ0) is 24.3. The standard InChI is InChI=1S/C26H26FN5O2/c1-26(2,3)18-6-5-7-19(12-18)30-25(33)31-23-9-8-20(13-22(23)27)34-21-10-11-28-24(14-21)17-15-29-32(4)16-17/h5-16H,1-4H3,(H2,30,31,33). The number of aryl methyl sites for hydroxylation is 1. The van der Waals surface area contributed by atoms with E-state index in [1.165, 1.54) is 12.1 Å². The summed E-state index contributed by atoms with van der Waals surface area (Å²) in [5.74, 6) is 0.188. The number of benzene rings is 2. The topological polar surface area (TPSA) is 81.1 Å². The molecule has 2 heterocycles. The van der Waals surface area contributed by atoms with Crippen LogP contribution in [0.5, 0.6) is 11.5 Å². The number of pyridine rings is 1. The molecule has 174 valence electrons. The molecule has 2 aromatic carbocycles. The summed E-state index contributed by atoms with van der Waals surface area (Å²) >= 11 is 0. The molecule has 0 radical (unpaired) electrons. The van der Waals surface area contributed by atoms with Crippen molar-refractivity contribution in [2.24, 2.45) is 7.05 Å². The highest BCUT2D eigenvalue weighted by Crippen LogP contribution is 2.28. The van der Waals surface area contributed by atoms with Crippen LogP contribution in [0.15, 0.2) is 73.2 Å². The van der Waals surface area contributed by atoms with E-state index < -0.39 is 11.8 Å². The molecule has 0 aliphatic rings. The molecule has 8 heteroatoms. The Morgan fingerprint density at radius 1 is 1.03 bits per heavy atom. The third-order valence-corrected chi connectivity index (χ3v) is 5.14. The van der Waals surface area contributed by atoms with E-state index in [0.29, 0.717) is 22.9 Å². The Morgan fingerprint density at radius 3 is 2.53 bits per heavy atom. The Kier molecular flexibility index (Phi) is 6.32. The van der Waals surface area contributed by atoms with Gasteiger partial charge in [-0.15, -0.1) is 0 Å². The number of carbonyl (C=O) groups is 1. The average Bonchev–Trinajstić information content (AvgIpc) is 3.22. The van der Waals surface area contributed by atoms with Gasteiger partial charge in [0.25, 0.3) is 0 Å². The molecule has 0 spiro atoms. The molecule has 4 rings (SSSR count). The Morgan fingerprint density at radius 2 is 1.82 bits per heavy atom. The summed E-state index contributed by atoms with van der Waals surface area (Å²) in [6.45, 7) is 6.28. The number of hydrogen-bond acceptors (Lipinski definition) is 4. The van der Waals surface area contributed by atoms with Crippen LogP contribution >= 0.6 is 0 Å². The van der Waals surface area contributed by atoms with Gasteiger partial charge in [0.1, 0.15) is 17.3 Å². The van der Waals surface area contributed by atoms with Gasteiger partial charge in [-0.3, -0.25) is 9.67 Å². The third kappa shape index (κ3) is 5.58. The van der Waals surface area contributed by atoms with Crippen LogP contribution in [-0.4, -0.2) is 20.8 Å². The number of ether oxygens (including phenoxy) is 1. The Balaban J connectivity index is 1.42. The highest BCUT2D eigenvalue weighted by atomic mass is 19.1. The number of hydrogen-bond donors (Lipinski definition) is 2. The van der Waals surface area contributed by atoms with Crippen LogP contribution < -0.4 is 15.4 Å². The van der Waals surface area contributed by atoms with Gasteiger partial charge in [0.05, 0.1) is 17.6 Å². The average molecular weight is 460 g/mol. The van der Waals surface area contributed by atoms with Crippen molar-refractivity contribution in [2.45, 2.75) is 26.2 Å². The zero-order valence-corrected chi connectivity index (χ0v) is 19.5. The van der Waals surface area contributed by atoms with Gasteiger partial charge in [0, 0.05) is 42.8 Å². The summed E-state index contributed by atoms with van der Waals surface area (Å²) in [6, 6.07) is 14.7. The predicted octanol–water partition coefficient (Wildman–Crippen LogP) is 6.36. The SMILES string of the molecule is Cn1cc(-c2cc(Oc3ccc(NC(=O)Nc4cccc(C(C)(C)C)c4)c(F)c3)ccn2)cn1. The maximum Gasteiger partial charge on any atom is 0.323 e. The number of urea groups is 1. The summed E-state index contributed by atoms with van der Waals surface area (Å²) in [4.78, 5) is 16.7. The summed E-state index contributed by atoms with van der Waals surface area (Å²) < 4.78 is 22.2. The maximum atomic E-state index is 14.7. The molecule has 0 saturated heterocycles. The Bertz CT molecular complexity index is 1330. The van der Waals surface area contributed by atoms with Gasteiger partial charge in [-0.1, -0.05) is 32.9 Å². The molecular formula is C26H26FN5O2. The summed E-state index contributed by atoms with van der Waals surface area (Å²) in [5, 5.41) is 9.43. The highest BCUT2D eigenvalue weighted by Gasteiger charge is 2.15. The van der Waals surface area contributed by atoms with Gasteiger partial charge >= 0.3 is 6.03 Å². The number of rotatable bonds is 5. The lowest BCUT2D eigenvalue weighted by Gasteiger charge is -2.20. The molecule has 7 nitrogen and oxygen atoms in total. The summed E-state index contributed by atoms with van der Waals surface area (Å²) in [7, 11) is 1.82. The van der Waals surface area contributed by atoms with Gasteiger partial charge in [0.15, 0.2) is 0 Å². The Hall–Kier alpha value is -4.20. The lowest BCUT2D eigenvalue weighted by Crippen LogP contribution is -2.20. The molecule has 0 atom stereocenters. The van der Waals surface area contributed by atoms with E-state index in [2.05, 4.69) is 41.5 Å². The molecule has 34 heavy (non-hydrogen) atoms. The molecule has 2 aromatic heterocycles. The molecule has 0 aliphatic heterocycles. The molecule has 2 N–H and O–H groups in total. The first-order valence-corrected chi connectivity index (χ1v) is 10.8. The third-order valence-electron chi connectivity index (χ3n) is 5.14. The van der Waals surface area contributed by atoms with E-state index in [-0.39, 0.29) is 11.1 Å². The van der Waals surface area contributed by atoms with Gasteiger partial charge in [-0.2, -0.15) is 5.10 Å². The van der Waals surface area contributed by atoms with Crippen molar-refractivity contribution in [2.75, 3.05) is 10.6 Å². The van der Waals surface area contributed by atoms with Gasteiger partial charge in [-0.25, -0.2) is 9.18 Å². The fourth-order valence-corrected chi connectivity index (χ4v) is 3.33. The Labute approximate surface area is 197 Å². The van der Waals surface area contributed by atoms with Crippen molar-refractivity contribution in [3.8, 4) is 22.8 Å². The maximum absolute atomic E-state index is 14.7. The quantitative estimate of drug-likeness (QED) is 0.364. The predicted molar refractivity (Wildman–Crippen MR) is 131 cm³/mol.